The van der Waals surface area contributed by atoms with Gasteiger partial charge in [0.15, 0.2) is 0 Å². The lowest BCUT2D eigenvalue weighted by atomic mass is 10.0. The SMILES string of the molecule is Cc1cc(Oc2cc(C(C)C)c(Cl)cc2C)ccc1C#N. The molecule has 0 spiro atoms. The van der Waals surface area contributed by atoms with Crippen molar-refractivity contribution in [1.29, 1.82) is 5.26 Å². The minimum atomic E-state index is 0.336. The van der Waals surface area contributed by atoms with Crippen LogP contribution in [0.3, 0.4) is 0 Å². The molecule has 0 aromatic heterocycles. The van der Waals surface area contributed by atoms with E-state index in [1.54, 1.807) is 6.07 Å². The van der Waals surface area contributed by atoms with Crippen molar-refractivity contribution < 1.29 is 4.74 Å². The largest absolute Gasteiger partial charge is 0.457 e. The quantitative estimate of drug-likeness (QED) is 0.723. The van der Waals surface area contributed by atoms with Gasteiger partial charge in [0.25, 0.3) is 0 Å². The third-order valence-corrected chi connectivity index (χ3v) is 3.79. The van der Waals surface area contributed by atoms with Gasteiger partial charge in [-0.2, -0.15) is 5.26 Å². The fraction of sp³-hybridized carbons (Fsp3) is 0.278. The van der Waals surface area contributed by atoms with E-state index < -0.39 is 0 Å². The van der Waals surface area contributed by atoms with Crippen molar-refractivity contribution in [2.45, 2.75) is 33.6 Å². The third kappa shape index (κ3) is 3.37. The standard InChI is InChI=1S/C18H18ClNO/c1-11(2)16-9-18(13(4)8-17(16)19)21-15-6-5-14(10-20)12(3)7-15/h5-9,11H,1-4H3. The van der Waals surface area contributed by atoms with Crippen molar-refractivity contribution in [1.82, 2.24) is 0 Å². The molecule has 21 heavy (non-hydrogen) atoms. The second-order valence-electron chi connectivity index (χ2n) is 5.48. The first-order chi connectivity index (χ1) is 9.92. The van der Waals surface area contributed by atoms with Gasteiger partial charge in [-0.3, -0.25) is 0 Å². The highest BCUT2D eigenvalue weighted by atomic mass is 35.5. The zero-order chi connectivity index (χ0) is 15.6. The fourth-order valence-corrected chi connectivity index (χ4v) is 2.61. The highest BCUT2D eigenvalue weighted by Gasteiger charge is 2.11. The van der Waals surface area contributed by atoms with Crippen LogP contribution in [0.4, 0.5) is 0 Å². The zero-order valence-corrected chi connectivity index (χ0v) is 13.5. The number of rotatable bonds is 3. The van der Waals surface area contributed by atoms with Gasteiger partial charge in [0, 0.05) is 5.02 Å². The maximum absolute atomic E-state index is 8.97. The number of benzene rings is 2. The number of ether oxygens (including phenoxy) is 1. The van der Waals surface area contributed by atoms with Crippen LogP contribution in [0.15, 0.2) is 30.3 Å². The van der Waals surface area contributed by atoms with Gasteiger partial charge in [-0.1, -0.05) is 25.4 Å². The van der Waals surface area contributed by atoms with Crippen LogP contribution in [-0.2, 0) is 0 Å². The van der Waals surface area contributed by atoms with Crippen LogP contribution in [0.5, 0.6) is 11.5 Å². The Kier molecular flexibility index (Phi) is 4.55. The Bertz CT molecular complexity index is 714. The molecule has 0 amide bonds. The average Bonchev–Trinajstić information content (AvgIpc) is 2.41. The molecule has 0 bridgehead atoms. The van der Waals surface area contributed by atoms with Crippen LogP contribution in [0, 0.1) is 25.2 Å². The van der Waals surface area contributed by atoms with Crippen LogP contribution >= 0.6 is 11.6 Å². The molecule has 2 aromatic rings. The van der Waals surface area contributed by atoms with Crippen molar-refractivity contribution in [2.24, 2.45) is 0 Å². The lowest BCUT2D eigenvalue weighted by molar-refractivity contribution is 0.477. The van der Waals surface area contributed by atoms with E-state index in [4.69, 9.17) is 21.6 Å². The second-order valence-corrected chi connectivity index (χ2v) is 5.89. The Morgan fingerprint density at radius 1 is 1.10 bits per heavy atom. The summed E-state index contributed by atoms with van der Waals surface area (Å²) in [6.07, 6.45) is 0. The molecule has 0 heterocycles. The molecule has 2 aromatic carbocycles. The molecule has 2 nitrogen and oxygen atoms in total. The lowest BCUT2D eigenvalue weighted by Gasteiger charge is -2.15. The number of nitrogens with zero attached hydrogens (tertiary/aromatic N) is 1. The molecule has 0 N–H and O–H groups in total. The van der Waals surface area contributed by atoms with Gasteiger partial charge in [0.1, 0.15) is 11.5 Å². The zero-order valence-electron chi connectivity index (χ0n) is 12.7. The number of halogens is 1. The van der Waals surface area contributed by atoms with Crippen LogP contribution in [0.1, 0.15) is 42.0 Å². The first-order valence-corrected chi connectivity index (χ1v) is 7.28. The van der Waals surface area contributed by atoms with Gasteiger partial charge in [0.2, 0.25) is 0 Å². The predicted octanol–water partition coefficient (Wildman–Crippen LogP) is 5.74. The summed E-state index contributed by atoms with van der Waals surface area (Å²) in [5.74, 6) is 1.86. The van der Waals surface area contributed by atoms with E-state index >= 15 is 0 Å². The van der Waals surface area contributed by atoms with Crippen LogP contribution in [0.2, 0.25) is 5.02 Å². The second kappa shape index (κ2) is 6.20. The Balaban J connectivity index is 2.38. The molecule has 0 saturated heterocycles. The van der Waals surface area contributed by atoms with Crippen LogP contribution < -0.4 is 4.74 Å². The number of aryl methyl sites for hydroxylation is 2. The Labute approximate surface area is 130 Å². The van der Waals surface area contributed by atoms with Gasteiger partial charge in [0.05, 0.1) is 11.6 Å². The van der Waals surface area contributed by atoms with E-state index in [0.717, 1.165) is 33.2 Å². The molecule has 0 unspecified atom stereocenters. The molecule has 2 rings (SSSR count). The summed E-state index contributed by atoms with van der Waals surface area (Å²) in [5, 5.41) is 9.73. The van der Waals surface area contributed by atoms with E-state index in [1.165, 1.54) is 0 Å². The summed E-state index contributed by atoms with van der Waals surface area (Å²) < 4.78 is 5.97. The molecule has 0 saturated carbocycles. The van der Waals surface area contributed by atoms with E-state index in [9.17, 15) is 0 Å². The number of hydrogen-bond acceptors (Lipinski definition) is 2. The Morgan fingerprint density at radius 2 is 1.81 bits per heavy atom. The van der Waals surface area contributed by atoms with Crippen molar-refractivity contribution in [3.63, 3.8) is 0 Å². The summed E-state index contributed by atoms with van der Waals surface area (Å²) in [4.78, 5) is 0. The van der Waals surface area contributed by atoms with E-state index in [1.807, 2.05) is 38.1 Å². The molecule has 0 fully saturated rings. The minimum Gasteiger partial charge on any atom is -0.457 e. The van der Waals surface area contributed by atoms with Gasteiger partial charge in [-0.25, -0.2) is 0 Å². The minimum absolute atomic E-state index is 0.336. The fourth-order valence-electron chi connectivity index (χ4n) is 2.17. The summed E-state index contributed by atoms with van der Waals surface area (Å²) in [7, 11) is 0. The van der Waals surface area contributed by atoms with Gasteiger partial charge >= 0.3 is 0 Å². The van der Waals surface area contributed by atoms with E-state index in [2.05, 4.69) is 19.9 Å². The molecule has 0 aliphatic carbocycles. The number of hydrogen-bond donors (Lipinski definition) is 0. The summed E-state index contributed by atoms with van der Waals surface area (Å²) in [5.41, 5.74) is 3.64. The maximum Gasteiger partial charge on any atom is 0.130 e. The molecular weight excluding hydrogens is 282 g/mol. The molecule has 0 aliphatic heterocycles. The first-order valence-electron chi connectivity index (χ1n) is 6.91. The lowest BCUT2D eigenvalue weighted by Crippen LogP contribution is -1.95. The Hall–Kier alpha value is -1.98. The molecule has 108 valence electrons. The van der Waals surface area contributed by atoms with Crippen molar-refractivity contribution in [2.75, 3.05) is 0 Å². The first kappa shape index (κ1) is 15.4. The molecule has 0 aliphatic rings. The van der Waals surface area contributed by atoms with Gasteiger partial charge in [-0.05, 0) is 66.8 Å². The monoisotopic (exact) mass is 299 g/mol. The Morgan fingerprint density at radius 3 is 2.38 bits per heavy atom. The molecule has 3 heteroatoms. The molecule has 0 atom stereocenters. The normalized spacial score (nSPS) is 10.5. The molecular formula is C18H18ClNO. The van der Waals surface area contributed by atoms with E-state index in [-0.39, 0.29) is 0 Å². The topological polar surface area (TPSA) is 33.0 Å². The van der Waals surface area contributed by atoms with E-state index in [0.29, 0.717) is 11.5 Å². The third-order valence-electron chi connectivity index (χ3n) is 3.46. The summed E-state index contributed by atoms with van der Waals surface area (Å²) in [6.45, 7) is 8.08. The van der Waals surface area contributed by atoms with Crippen LogP contribution in [-0.4, -0.2) is 0 Å². The smallest absolute Gasteiger partial charge is 0.130 e. The predicted molar refractivity (Wildman–Crippen MR) is 86.2 cm³/mol. The highest BCUT2D eigenvalue weighted by molar-refractivity contribution is 6.31. The maximum atomic E-state index is 8.97. The van der Waals surface area contributed by atoms with Crippen molar-refractivity contribution >= 4 is 11.6 Å². The summed E-state index contributed by atoms with van der Waals surface area (Å²) >= 11 is 6.27. The van der Waals surface area contributed by atoms with Crippen LogP contribution in [0.25, 0.3) is 0 Å². The van der Waals surface area contributed by atoms with Crippen molar-refractivity contribution in [3.8, 4) is 17.6 Å². The average molecular weight is 300 g/mol. The highest BCUT2D eigenvalue weighted by Crippen LogP contribution is 2.34. The van der Waals surface area contributed by atoms with Gasteiger partial charge < -0.3 is 4.74 Å². The van der Waals surface area contributed by atoms with Gasteiger partial charge in [-0.15, -0.1) is 0 Å². The number of nitriles is 1. The molecule has 0 radical (unpaired) electrons. The summed E-state index contributed by atoms with van der Waals surface area (Å²) in [6, 6.07) is 11.6. The van der Waals surface area contributed by atoms with Crippen molar-refractivity contribution in [3.05, 3.63) is 57.6 Å².